The molecule has 1 fully saturated rings. The standard InChI is InChI=1S/C15H23N3O2/c1-4-6-16-14-8-13(5-7-17-14)15(19)18-9-11(2)20-12(3)10-18/h5,7-8,11-12H,4,6,9-10H2,1-3H3,(H,16,17)/t11-,12+. The molecule has 0 aliphatic carbocycles. The van der Waals surface area contributed by atoms with Crippen LogP contribution in [0.4, 0.5) is 5.82 Å². The second kappa shape index (κ2) is 6.70. The minimum atomic E-state index is 0.0500. The number of anilines is 1. The molecule has 0 unspecified atom stereocenters. The molecule has 0 saturated carbocycles. The molecular formula is C15H23N3O2. The molecule has 1 N–H and O–H groups in total. The lowest BCUT2D eigenvalue weighted by Gasteiger charge is -2.35. The molecule has 5 nitrogen and oxygen atoms in total. The predicted molar refractivity (Wildman–Crippen MR) is 78.9 cm³/mol. The first-order valence-electron chi connectivity index (χ1n) is 7.24. The van der Waals surface area contributed by atoms with E-state index in [1.54, 1.807) is 12.3 Å². The van der Waals surface area contributed by atoms with Gasteiger partial charge in [-0.25, -0.2) is 4.98 Å². The van der Waals surface area contributed by atoms with Gasteiger partial charge in [0.2, 0.25) is 0 Å². The van der Waals surface area contributed by atoms with Crippen LogP contribution >= 0.6 is 0 Å². The maximum atomic E-state index is 12.5. The summed E-state index contributed by atoms with van der Waals surface area (Å²) in [6.45, 7) is 8.23. The van der Waals surface area contributed by atoms with Crippen LogP contribution in [-0.2, 0) is 4.74 Å². The van der Waals surface area contributed by atoms with Gasteiger partial charge >= 0.3 is 0 Å². The van der Waals surface area contributed by atoms with Crippen molar-refractivity contribution in [1.82, 2.24) is 9.88 Å². The van der Waals surface area contributed by atoms with E-state index in [4.69, 9.17) is 4.74 Å². The van der Waals surface area contributed by atoms with Crippen LogP contribution in [0.5, 0.6) is 0 Å². The number of morpholine rings is 1. The van der Waals surface area contributed by atoms with Crippen LogP contribution in [0.25, 0.3) is 0 Å². The fourth-order valence-corrected chi connectivity index (χ4v) is 2.44. The molecule has 0 aromatic carbocycles. The quantitative estimate of drug-likeness (QED) is 0.916. The smallest absolute Gasteiger partial charge is 0.254 e. The number of ether oxygens (including phenoxy) is 1. The maximum absolute atomic E-state index is 12.5. The van der Waals surface area contributed by atoms with Crippen molar-refractivity contribution in [2.24, 2.45) is 0 Å². The highest BCUT2D eigenvalue weighted by Gasteiger charge is 2.26. The molecule has 1 saturated heterocycles. The van der Waals surface area contributed by atoms with Gasteiger partial charge in [0, 0.05) is 31.4 Å². The molecule has 20 heavy (non-hydrogen) atoms. The van der Waals surface area contributed by atoms with Gasteiger partial charge in [0.25, 0.3) is 5.91 Å². The van der Waals surface area contributed by atoms with E-state index in [1.165, 1.54) is 0 Å². The lowest BCUT2D eigenvalue weighted by molar-refractivity contribution is -0.0586. The van der Waals surface area contributed by atoms with E-state index in [9.17, 15) is 4.79 Å². The highest BCUT2D eigenvalue weighted by Crippen LogP contribution is 2.15. The van der Waals surface area contributed by atoms with Gasteiger partial charge < -0.3 is 15.0 Å². The summed E-state index contributed by atoms with van der Waals surface area (Å²) in [5.74, 6) is 0.806. The molecule has 1 aliphatic heterocycles. The van der Waals surface area contributed by atoms with Crippen LogP contribution in [0, 0.1) is 0 Å². The first kappa shape index (κ1) is 14.8. The number of rotatable bonds is 4. The summed E-state index contributed by atoms with van der Waals surface area (Å²) in [5, 5.41) is 3.20. The molecule has 1 aromatic rings. The van der Waals surface area contributed by atoms with E-state index >= 15 is 0 Å². The fraction of sp³-hybridized carbons (Fsp3) is 0.600. The van der Waals surface area contributed by atoms with Gasteiger partial charge in [-0.15, -0.1) is 0 Å². The number of amides is 1. The largest absolute Gasteiger partial charge is 0.372 e. The molecule has 2 atom stereocenters. The van der Waals surface area contributed by atoms with E-state index in [0.29, 0.717) is 18.7 Å². The molecule has 5 heteroatoms. The van der Waals surface area contributed by atoms with E-state index in [2.05, 4.69) is 17.2 Å². The fourth-order valence-electron chi connectivity index (χ4n) is 2.44. The van der Waals surface area contributed by atoms with Crippen LogP contribution in [-0.4, -0.2) is 47.6 Å². The molecular weight excluding hydrogens is 254 g/mol. The Hall–Kier alpha value is -1.62. The van der Waals surface area contributed by atoms with Gasteiger partial charge in [-0.1, -0.05) is 6.92 Å². The number of pyridine rings is 1. The summed E-state index contributed by atoms with van der Waals surface area (Å²) in [4.78, 5) is 18.6. The topological polar surface area (TPSA) is 54.5 Å². The van der Waals surface area contributed by atoms with Gasteiger partial charge in [-0.05, 0) is 32.4 Å². The summed E-state index contributed by atoms with van der Waals surface area (Å²) < 4.78 is 5.66. The van der Waals surface area contributed by atoms with E-state index in [1.807, 2.05) is 24.8 Å². The van der Waals surface area contributed by atoms with Gasteiger partial charge in [-0.3, -0.25) is 4.79 Å². The van der Waals surface area contributed by atoms with Gasteiger partial charge in [-0.2, -0.15) is 0 Å². The molecule has 2 rings (SSSR count). The van der Waals surface area contributed by atoms with Crippen LogP contribution in [0.15, 0.2) is 18.3 Å². The summed E-state index contributed by atoms with van der Waals surface area (Å²) in [7, 11) is 0. The van der Waals surface area contributed by atoms with Crippen LogP contribution in [0.2, 0.25) is 0 Å². The lowest BCUT2D eigenvalue weighted by atomic mass is 10.1. The van der Waals surface area contributed by atoms with E-state index in [0.717, 1.165) is 18.8 Å². The van der Waals surface area contributed by atoms with Gasteiger partial charge in [0.05, 0.1) is 12.2 Å². The molecule has 1 aromatic heterocycles. The van der Waals surface area contributed by atoms with Crippen molar-refractivity contribution < 1.29 is 9.53 Å². The number of carbonyl (C=O) groups is 1. The Morgan fingerprint density at radius 2 is 2.15 bits per heavy atom. The zero-order valence-electron chi connectivity index (χ0n) is 12.4. The first-order valence-corrected chi connectivity index (χ1v) is 7.24. The van der Waals surface area contributed by atoms with Crippen LogP contribution < -0.4 is 5.32 Å². The third-order valence-electron chi connectivity index (χ3n) is 3.27. The normalized spacial score (nSPS) is 22.6. The predicted octanol–water partition coefficient (Wildman–Crippen LogP) is 2.15. The van der Waals surface area contributed by atoms with Crippen molar-refractivity contribution in [3.05, 3.63) is 23.9 Å². The highest BCUT2D eigenvalue weighted by atomic mass is 16.5. The maximum Gasteiger partial charge on any atom is 0.254 e. The Bertz CT molecular complexity index is 454. The Labute approximate surface area is 120 Å². The molecule has 2 heterocycles. The van der Waals surface area contributed by atoms with Crippen molar-refractivity contribution in [3.8, 4) is 0 Å². The number of carbonyl (C=O) groups excluding carboxylic acids is 1. The lowest BCUT2D eigenvalue weighted by Crippen LogP contribution is -2.48. The number of nitrogens with one attached hydrogen (secondary N) is 1. The molecule has 0 spiro atoms. The summed E-state index contributed by atoms with van der Waals surface area (Å²) in [6.07, 6.45) is 2.88. The molecule has 1 amide bonds. The first-order chi connectivity index (χ1) is 9.60. The van der Waals surface area contributed by atoms with Crippen molar-refractivity contribution in [2.45, 2.75) is 39.4 Å². The Balaban J connectivity index is 2.08. The Kier molecular flexibility index (Phi) is 4.95. The molecule has 0 radical (unpaired) electrons. The van der Waals surface area contributed by atoms with Crippen molar-refractivity contribution >= 4 is 11.7 Å². The van der Waals surface area contributed by atoms with Crippen LogP contribution in [0.3, 0.4) is 0 Å². The van der Waals surface area contributed by atoms with Crippen molar-refractivity contribution in [1.29, 1.82) is 0 Å². The third kappa shape index (κ3) is 3.70. The summed E-state index contributed by atoms with van der Waals surface area (Å²) >= 11 is 0. The number of aromatic nitrogens is 1. The Morgan fingerprint density at radius 1 is 1.45 bits per heavy atom. The molecule has 110 valence electrons. The number of hydrogen-bond acceptors (Lipinski definition) is 4. The summed E-state index contributed by atoms with van der Waals surface area (Å²) in [6, 6.07) is 3.59. The minimum Gasteiger partial charge on any atom is -0.372 e. The molecule has 0 bridgehead atoms. The monoisotopic (exact) mass is 277 g/mol. The van der Waals surface area contributed by atoms with Crippen LogP contribution in [0.1, 0.15) is 37.6 Å². The van der Waals surface area contributed by atoms with Crippen molar-refractivity contribution in [2.75, 3.05) is 25.0 Å². The second-order valence-corrected chi connectivity index (χ2v) is 5.32. The average Bonchev–Trinajstić information content (AvgIpc) is 2.43. The average molecular weight is 277 g/mol. The Morgan fingerprint density at radius 3 is 2.80 bits per heavy atom. The second-order valence-electron chi connectivity index (χ2n) is 5.32. The minimum absolute atomic E-state index is 0.0500. The van der Waals surface area contributed by atoms with E-state index < -0.39 is 0 Å². The van der Waals surface area contributed by atoms with Gasteiger partial charge in [0.15, 0.2) is 0 Å². The number of nitrogens with zero attached hydrogens (tertiary/aromatic N) is 2. The molecule has 1 aliphatic rings. The summed E-state index contributed by atoms with van der Waals surface area (Å²) in [5.41, 5.74) is 0.680. The van der Waals surface area contributed by atoms with Gasteiger partial charge in [0.1, 0.15) is 5.82 Å². The zero-order chi connectivity index (χ0) is 14.5. The SMILES string of the molecule is CCCNc1cc(C(=O)N2C[C@@H](C)O[C@@H](C)C2)ccn1. The number of hydrogen-bond donors (Lipinski definition) is 1. The highest BCUT2D eigenvalue weighted by molar-refractivity contribution is 5.94. The van der Waals surface area contributed by atoms with Crippen molar-refractivity contribution in [3.63, 3.8) is 0 Å². The zero-order valence-corrected chi connectivity index (χ0v) is 12.4. The third-order valence-corrected chi connectivity index (χ3v) is 3.27. The van der Waals surface area contributed by atoms with E-state index in [-0.39, 0.29) is 18.1 Å².